The number of piperazine rings is 1. The molecule has 1 aromatic heterocycles. The second kappa shape index (κ2) is 6.75. The molecule has 1 aliphatic heterocycles. The first kappa shape index (κ1) is 17.6. The maximum Gasteiger partial charge on any atom is 0.323 e. The summed E-state index contributed by atoms with van der Waals surface area (Å²) in [5, 5.41) is 0. The molecule has 2 N–H and O–H groups in total. The van der Waals surface area contributed by atoms with E-state index in [1.54, 1.807) is 13.2 Å². The van der Waals surface area contributed by atoms with E-state index in [1.807, 2.05) is 24.3 Å². The highest BCUT2D eigenvalue weighted by molar-refractivity contribution is 7.89. The number of sulfonamides is 1. The van der Waals surface area contributed by atoms with E-state index >= 15 is 0 Å². The van der Waals surface area contributed by atoms with Crippen LogP contribution in [0.2, 0.25) is 0 Å². The zero-order valence-corrected chi connectivity index (χ0v) is 15.6. The number of methoxy groups -OCH3 is 1. The molecule has 2 aromatic carbocycles. The van der Waals surface area contributed by atoms with Crippen LogP contribution in [-0.2, 0) is 10.0 Å². The number of imidazole rings is 1. The molecule has 0 atom stereocenters. The monoisotopic (exact) mass is 388 g/mol. The SMILES string of the molecule is COc1ccc(N2CCN(S(=O)(=O)c3ccc4[nH]c(=O)[nH]c4c3)CC2)cc1. The maximum absolute atomic E-state index is 13.0. The summed E-state index contributed by atoms with van der Waals surface area (Å²) < 4.78 is 32.6. The lowest BCUT2D eigenvalue weighted by Gasteiger charge is -2.35. The lowest BCUT2D eigenvalue weighted by atomic mass is 10.2. The number of ether oxygens (including phenoxy) is 1. The van der Waals surface area contributed by atoms with E-state index in [4.69, 9.17) is 4.74 Å². The zero-order valence-electron chi connectivity index (χ0n) is 14.8. The van der Waals surface area contributed by atoms with E-state index in [1.165, 1.54) is 16.4 Å². The van der Waals surface area contributed by atoms with E-state index in [9.17, 15) is 13.2 Å². The van der Waals surface area contributed by atoms with Gasteiger partial charge in [-0.1, -0.05) is 0 Å². The highest BCUT2D eigenvalue weighted by Gasteiger charge is 2.29. The van der Waals surface area contributed by atoms with Crippen molar-refractivity contribution in [3.05, 3.63) is 52.9 Å². The fourth-order valence-electron chi connectivity index (χ4n) is 3.30. The summed E-state index contributed by atoms with van der Waals surface area (Å²) in [6, 6.07) is 12.4. The van der Waals surface area contributed by atoms with Crippen molar-refractivity contribution in [2.75, 3.05) is 38.2 Å². The summed E-state index contributed by atoms with van der Waals surface area (Å²) in [6.45, 7) is 2.01. The third-order valence-corrected chi connectivity index (χ3v) is 6.70. The molecule has 2 heterocycles. The van der Waals surface area contributed by atoms with Crippen LogP contribution in [0, 0.1) is 0 Å². The molecule has 142 valence electrons. The van der Waals surface area contributed by atoms with Gasteiger partial charge in [0.15, 0.2) is 0 Å². The van der Waals surface area contributed by atoms with Crippen molar-refractivity contribution in [2.45, 2.75) is 4.90 Å². The van der Waals surface area contributed by atoms with Gasteiger partial charge >= 0.3 is 5.69 Å². The van der Waals surface area contributed by atoms with Crippen LogP contribution in [0.4, 0.5) is 5.69 Å². The van der Waals surface area contributed by atoms with Gasteiger partial charge in [0.25, 0.3) is 0 Å². The van der Waals surface area contributed by atoms with Crippen LogP contribution in [0.15, 0.2) is 52.2 Å². The molecule has 0 aliphatic carbocycles. The van der Waals surface area contributed by atoms with Crippen molar-refractivity contribution in [1.29, 1.82) is 0 Å². The maximum atomic E-state index is 13.0. The number of anilines is 1. The molecule has 1 saturated heterocycles. The lowest BCUT2D eigenvalue weighted by molar-refractivity contribution is 0.384. The molecule has 1 aliphatic rings. The average Bonchev–Trinajstić information content (AvgIpc) is 3.07. The Kier molecular flexibility index (Phi) is 4.40. The van der Waals surface area contributed by atoms with Crippen molar-refractivity contribution in [1.82, 2.24) is 14.3 Å². The highest BCUT2D eigenvalue weighted by Crippen LogP contribution is 2.24. The second-order valence-corrected chi connectivity index (χ2v) is 8.31. The minimum Gasteiger partial charge on any atom is -0.497 e. The van der Waals surface area contributed by atoms with Gasteiger partial charge in [-0.2, -0.15) is 4.31 Å². The molecule has 0 saturated carbocycles. The van der Waals surface area contributed by atoms with Gasteiger partial charge in [-0.25, -0.2) is 13.2 Å². The number of H-pyrrole nitrogens is 2. The number of hydrogen-bond acceptors (Lipinski definition) is 5. The fraction of sp³-hybridized carbons (Fsp3) is 0.278. The molecule has 4 rings (SSSR count). The Bertz CT molecular complexity index is 1110. The molecule has 0 radical (unpaired) electrons. The van der Waals surface area contributed by atoms with Gasteiger partial charge < -0.3 is 19.6 Å². The molecular weight excluding hydrogens is 368 g/mol. The normalized spacial score (nSPS) is 16.0. The van der Waals surface area contributed by atoms with Gasteiger partial charge in [0.2, 0.25) is 10.0 Å². The van der Waals surface area contributed by atoms with E-state index in [0.29, 0.717) is 37.2 Å². The lowest BCUT2D eigenvalue weighted by Crippen LogP contribution is -2.48. The Morgan fingerprint density at radius 2 is 1.59 bits per heavy atom. The van der Waals surface area contributed by atoms with Crippen LogP contribution in [0.1, 0.15) is 0 Å². The van der Waals surface area contributed by atoms with E-state index in [2.05, 4.69) is 14.9 Å². The summed E-state index contributed by atoms with van der Waals surface area (Å²) in [7, 11) is -1.99. The topological polar surface area (TPSA) is 98.5 Å². The van der Waals surface area contributed by atoms with Gasteiger partial charge in [-0.15, -0.1) is 0 Å². The first-order valence-corrected chi connectivity index (χ1v) is 10.0. The Morgan fingerprint density at radius 1 is 0.926 bits per heavy atom. The smallest absolute Gasteiger partial charge is 0.323 e. The number of hydrogen-bond donors (Lipinski definition) is 2. The van der Waals surface area contributed by atoms with Crippen molar-refractivity contribution in [3.63, 3.8) is 0 Å². The van der Waals surface area contributed by atoms with Crippen LogP contribution in [-0.4, -0.2) is 56.0 Å². The first-order valence-electron chi connectivity index (χ1n) is 8.58. The predicted molar refractivity (Wildman–Crippen MR) is 103 cm³/mol. The van der Waals surface area contributed by atoms with Gasteiger partial charge in [0.1, 0.15) is 5.75 Å². The fourth-order valence-corrected chi connectivity index (χ4v) is 4.75. The molecule has 3 aromatic rings. The Balaban J connectivity index is 1.50. The van der Waals surface area contributed by atoms with Crippen LogP contribution >= 0.6 is 0 Å². The van der Waals surface area contributed by atoms with Gasteiger partial charge in [-0.05, 0) is 42.5 Å². The summed E-state index contributed by atoms with van der Waals surface area (Å²) in [4.78, 5) is 18.9. The number of aromatic nitrogens is 2. The number of fused-ring (bicyclic) bond motifs is 1. The minimum atomic E-state index is -3.61. The van der Waals surface area contributed by atoms with Gasteiger partial charge in [0.05, 0.1) is 23.0 Å². The Labute approximate surface area is 156 Å². The van der Waals surface area contributed by atoms with Gasteiger partial charge in [-0.3, -0.25) is 0 Å². The molecule has 0 unspecified atom stereocenters. The Hall–Kier alpha value is -2.78. The van der Waals surface area contributed by atoms with Crippen molar-refractivity contribution >= 4 is 26.7 Å². The molecule has 1 fully saturated rings. The molecule has 27 heavy (non-hydrogen) atoms. The molecule has 0 bridgehead atoms. The summed E-state index contributed by atoms with van der Waals surface area (Å²) in [5.41, 5.74) is 1.76. The standard InChI is InChI=1S/C18H20N4O4S/c1-26-14-4-2-13(3-5-14)21-8-10-22(11-9-21)27(24,25)15-6-7-16-17(12-15)20-18(23)19-16/h2-7,12H,8-11H2,1H3,(H2,19,20,23). The van der Waals surface area contributed by atoms with Crippen molar-refractivity contribution < 1.29 is 13.2 Å². The quantitative estimate of drug-likeness (QED) is 0.704. The number of nitrogens with zero attached hydrogens (tertiary/aromatic N) is 2. The van der Waals surface area contributed by atoms with Crippen LogP contribution in [0.3, 0.4) is 0 Å². The van der Waals surface area contributed by atoms with Crippen LogP contribution < -0.4 is 15.3 Å². The molecule has 9 heteroatoms. The van der Waals surface area contributed by atoms with Crippen molar-refractivity contribution in [2.24, 2.45) is 0 Å². The summed E-state index contributed by atoms with van der Waals surface area (Å²) in [5.74, 6) is 0.790. The highest BCUT2D eigenvalue weighted by atomic mass is 32.2. The Morgan fingerprint density at radius 3 is 2.26 bits per heavy atom. The number of aromatic amines is 2. The molecular formula is C18H20N4O4S. The molecule has 0 amide bonds. The average molecular weight is 388 g/mol. The number of rotatable bonds is 4. The molecule has 8 nitrogen and oxygen atoms in total. The van der Waals surface area contributed by atoms with Crippen LogP contribution in [0.25, 0.3) is 11.0 Å². The molecule has 0 spiro atoms. The van der Waals surface area contributed by atoms with Crippen LogP contribution in [0.5, 0.6) is 5.75 Å². The third kappa shape index (κ3) is 3.31. The third-order valence-electron chi connectivity index (χ3n) is 4.80. The van der Waals surface area contributed by atoms with E-state index in [0.717, 1.165) is 11.4 Å². The van der Waals surface area contributed by atoms with E-state index < -0.39 is 10.0 Å². The first-order chi connectivity index (χ1) is 13.0. The number of nitrogens with one attached hydrogen (secondary N) is 2. The van der Waals surface area contributed by atoms with Gasteiger partial charge in [0, 0.05) is 31.9 Å². The second-order valence-electron chi connectivity index (χ2n) is 6.38. The number of benzene rings is 2. The predicted octanol–water partition coefficient (Wildman–Crippen LogP) is 1.38. The summed E-state index contributed by atoms with van der Waals surface area (Å²) >= 11 is 0. The zero-order chi connectivity index (χ0) is 19.0. The summed E-state index contributed by atoms with van der Waals surface area (Å²) in [6.07, 6.45) is 0. The van der Waals surface area contributed by atoms with E-state index in [-0.39, 0.29) is 10.6 Å². The largest absolute Gasteiger partial charge is 0.497 e. The minimum absolute atomic E-state index is 0.183. The van der Waals surface area contributed by atoms with Crippen molar-refractivity contribution in [3.8, 4) is 5.75 Å².